The zero-order chi connectivity index (χ0) is 13.1. The third-order valence-corrected chi connectivity index (χ3v) is 3.30. The summed E-state index contributed by atoms with van der Waals surface area (Å²) in [6.07, 6.45) is 4.89. The maximum absolute atomic E-state index is 11.1. The fourth-order valence-electron chi connectivity index (χ4n) is 2.32. The van der Waals surface area contributed by atoms with E-state index in [9.17, 15) is 15.2 Å². The van der Waals surface area contributed by atoms with Crippen LogP contribution in [-0.2, 0) is 0 Å². The van der Waals surface area contributed by atoms with Gasteiger partial charge in [-0.15, -0.1) is 0 Å². The Kier molecular flexibility index (Phi) is 3.50. The number of nitro groups is 1. The van der Waals surface area contributed by atoms with Crippen molar-refractivity contribution in [3.63, 3.8) is 0 Å². The van der Waals surface area contributed by atoms with E-state index in [0.29, 0.717) is 18.6 Å². The Labute approximate surface area is 105 Å². The second-order valence-electron chi connectivity index (χ2n) is 4.33. The summed E-state index contributed by atoms with van der Waals surface area (Å²) in [4.78, 5) is 10.8. The van der Waals surface area contributed by atoms with Crippen LogP contribution in [0.25, 0.3) is 0 Å². The predicted octanol–water partition coefficient (Wildman–Crippen LogP) is 2.48. The lowest BCUT2D eigenvalue weighted by Crippen LogP contribution is -2.28. The van der Waals surface area contributed by atoms with Gasteiger partial charge in [-0.25, -0.2) is 0 Å². The summed E-state index contributed by atoms with van der Waals surface area (Å²) in [6.45, 7) is 0. The fourth-order valence-corrected chi connectivity index (χ4v) is 2.32. The van der Waals surface area contributed by atoms with Gasteiger partial charge in [-0.05, 0) is 24.1 Å². The minimum Gasteiger partial charge on any atom is -0.504 e. The van der Waals surface area contributed by atoms with Gasteiger partial charge in [0.25, 0.3) is 0 Å². The van der Waals surface area contributed by atoms with Crippen molar-refractivity contribution in [3.8, 4) is 11.5 Å². The first-order valence-electron chi connectivity index (χ1n) is 5.79. The van der Waals surface area contributed by atoms with Crippen molar-refractivity contribution >= 4 is 0 Å². The van der Waals surface area contributed by atoms with Crippen molar-refractivity contribution in [2.24, 2.45) is 0 Å². The van der Waals surface area contributed by atoms with Gasteiger partial charge in [0.1, 0.15) is 0 Å². The van der Waals surface area contributed by atoms with Gasteiger partial charge in [-0.1, -0.05) is 18.2 Å². The first kappa shape index (κ1) is 12.4. The molecule has 0 fully saturated rings. The molecule has 96 valence electrons. The standard InChI is InChI=1S/C13H15NO4/c1-18-13-8-9(6-7-12(13)15)10-4-2-3-5-11(10)14(16)17/h2-3,6-8,10-11,15H,4-5H2,1H3. The summed E-state index contributed by atoms with van der Waals surface area (Å²) in [7, 11) is 1.46. The van der Waals surface area contributed by atoms with Gasteiger partial charge in [-0.3, -0.25) is 10.1 Å². The van der Waals surface area contributed by atoms with Gasteiger partial charge < -0.3 is 9.84 Å². The van der Waals surface area contributed by atoms with Crippen molar-refractivity contribution in [3.05, 3.63) is 46.0 Å². The highest BCUT2D eigenvalue weighted by molar-refractivity contribution is 5.43. The molecular weight excluding hydrogens is 234 g/mol. The molecule has 1 aliphatic rings. The molecule has 1 aliphatic carbocycles. The number of benzene rings is 1. The van der Waals surface area contributed by atoms with Crippen molar-refractivity contribution in [1.29, 1.82) is 0 Å². The van der Waals surface area contributed by atoms with Gasteiger partial charge >= 0.3 is 0 Å². The minimum absolute atomic E-state index is 0.0465. The molecular formula is C13H15NO4. The molecule has 1 aromatic carbocycles. The van der Waals surface area contributed by atoms with E-state index in [2.05, 4.69) is 0 Å². The van der Waals surface area contributed by atoms with Crippen molar-refractivity contribution in [2.45, 2.75) is 24.8 Å². The Morgan fingerprint density at radius 2 is 2.11 bits per heavy atom. The van der Waals surface area contributed by atoms with Gasteiger partial charge in [0.05, 0.1) is 13.0 Å². The SMILES string of the molecule is COc1cc(C2CC=CCC2[N+](=O)[O-])ccc1O. The number of phenolic OH excluding ortho intramolecular Hbond substituents is 1. The molecule has 18 heavy (non-hydrogen) atoms. The van der Waals surface area contributed by atoms with E-state index in [1.54, 1.807) is 12.1 Å². The smallest absolute Gasteiger partial charge is 0.223 e. The van der Waals surface area contributed by atoms with E-state index in [-0.39, 0.29) is 16.6 Å². The van der Waals surface area contributed by atoms with Crippen LogP contribution in [0.15, 0.2) is 30.4 Å². The number of methoxy groups -OCH3 is 1. The average Bonchev–Trinajstić information content (AvgIpc) is 2.39. The average molecular weight is 249 g/mol. The van der Waals surface area contributed by atoms with Crippen LogP contribution >= 0.6 is 0 Å². The molecule has 2 atom stereocenters. The summed E-state index contributed by atoms with van der Waals surface area (Å²) < 4.78 is 5.03. The Morgan fingerprint density at radius 3 is 2.78 bits per heavy atom. The Bertz CT molecular complexity index is 484. The van der Waals surface area contributed by atoms with Crippen LogP contribution < -0.4 is 4.74 Å². The molecule has 1 aromatic rings. The lowest BCUT2D eigenvalue weighted by atomic mass is 9.83. The Morgan fingerprint density at radius 1 is 1.39 bits per heavy atom. The Balaban J connectivity index is 2.34. The summed E-state index contributed by atoms with van der Waals surface area (Å²) in [5, 5.41) is 20.6. The molecule has 0 saturated carbocycles. The fraction of sp³-hybridized carbons (Fsp3) is 0.385. The molecule has 0 radical (unpaired) electrons. The van der Waals surface area contributed by atoms with Crippen LogP contribution in [0.2, 0.25) is 0 Å². The molecule has 5 heteroatoms. The summed E-state index contributed by atoms with van der Waals surface area (Å²) >= 11 is 0. The van der Waals surface area contributed by atoms with E-state index in [1.165, 1.54) is 13.2 Å². The first-order valence-corrected chi connectivity index (χ1v) is 5.79. The molecule has 0 aromatic heterocycles. The second kappa shape index (κ2) is 5.08. The van der Waals surface area contributed by atoms with Gasteiger partial charge in [0.15, 0.2) is 11.5 Å². The van der Waals surface area contributed by atoms with Crippen LogP contribution in [0.1, 0.15) is 24.3 Å². The molecule has 2 rings (SSSR count). The number of nitrogens with zero attached hydrogens (tertiary/aromatic N) is 1. The molecule has 0 saturated heterocycles. The largest absolute Gasteiger partial charge is 0.504 e. The topological polar surface area (TPSA) is 72.6 Å². The van der Waals surface area contributed by atoms with Crippen molar-refractivity contribution < 1.29 is 14.8 Å². The molecule has 2 unspecified atom stereocenters. The highest BCUT2D eigenvalue weighted by Gasteiger charge is 2.33. The summed E-state index contributed by atoms with van der Waals surface area (Å²) in [5.41, 5.74) is 0.829. The third kappa shape index (κ3) is 2.30. The molecule has 0 heterocycles. The van der Waals surface area contributed by atoms with Gasteiger partial charge in [0, 0.05) is 11.3 Å². The number of allylic oxidation sites excluding steroid dienone is 1. The predicted molar refractivity (Wildman–Crippen MR) is 66.6 cm³/mol. The summed E-state index contributed by atoms with van der Waals surface area (Å²) in [5.74, 6) is 0.230. The number of phenols is 1. The molecule has 0 aliphatic heterocycles. The normalized spacial score (nSPS) is 22.7. The van der Waals surface area contributed by atoms with Gasteiger partial charge in [-0.2, -0.15) is 0 Å². The van der Waals surface area contributed by atoms with Crippen molar-refractivity contribution in [1.82, 2.24) is 0 Å². The summed E-state index contributed by atoms with van der Waals surface area (Å²) in [6, 6.07) is 4.31. The highest BCUT2D eigenvalue weighted by Crippen LogP contribution is 2.35. The monoisotopic (exact) mass is 249 g/mol. The van der Waals surface area contributed by atoms with E-state index in [1.807, 2.05) is 12.2 Å². The third-order valence-electron chi connectivity index (χ3n) is 3.30. The number of aromatic hydroxyl groups is 1. The zero-order valence-corrected chi connectivity index (χ0v) is 10.1. The molecule has 0 bridgehead atoms. The van der Waals surface area contributed by atoms with E-state index < -0.39 is 6.04 Å². The maximum atomic E-state index is 11.1. The van der Waals surface area contributed by atoms with E-state index in [4.69, 9.17) is 4.74 Å². The van der Waals surface area contributed by atoms with E-state index >= 15 is 0 Å². The lowest BCUT2D eigenvalue weighted by Gasteiger charge is -2.22. The molecule has 0 spiro atoms. The van der Waals surface area contributed by atoms with Crippen LogP contribution in [0.4, 0.5) is 0 Å². The highest BCUT2D eigenvalue weighted by atomic mass is 16.6. The molecule has 5 nitrogen and oxygen atoms in total. The number of hydrogen-bond donors (Lipinski definition) is 1. The molecule has 1 N–H and O–H groups in total. The quantitative estimate of drug-likeness (QED) is 0.507. The van der Waals surface area contributed by atoms with Crippen LogP contribution in [0.5, 0.6) is 11.5 Å². The first-order chi connectivity index (χ1) is 8.63. The number of rotatable bonds is 3. The zero-order valence-electron chi connectivity index (χ0n) is 10.1. The number of ether oxygens (including phenoxy) is 1. The maximum Gasteiger partial charge on any atom is 0.223 e. The van der Waals surface area contributed by atoms with Crippen LogP contribution in [0.3, 0.4) is 0 Å². The van der Waals surface area contributed by atoms with Crippen LogP contribution in [-0.4, -0.2) is 23.2 Å². The second-order valence-corrected chi connectivity index (χ2v) is 4.33. The van der Waals surface area contributed by atoms with E-state index in [0.717, 1.165) is 5.56 Å². The van der Waals surface area contributed by atoms with Crippen LogP contribution in [0, 0.1) is 10.1 Å². The van der Waals surface area contributed by atoms with Gasteiger partial charge in [0.2, 0.25) is 6.04 Å². The Hall–Kier alpha value is -2.04. The number of hydrogen-bond acceptors (Lipinski definition) is 4. The molecule has 0 amide bonds. The lowest BCUT2D eigenvalue weighted by molar-refractivity contribution is -0.526. The van der Waals surface area contributed by atoms with Crippen molar-refractivity contribution in [2.75, 3.05) is 7.11 Å². The minimum atomic E-state index is -0.607.